The summed E-state index contributed by atoms with van der Waals surface area (Å²) in [5, 5.41) is 0. The van der Waals surface area contributed by atoms with E-state index < -0.39 is 6.10 Å². The van der Waals surface area contributed by atoms with Crippen molar-refractivity contribution in [3.63, 3.8) is 0 Å². The van der Waals surface area contributed by atoms with Gasteiger partial charge in [-0.25, -0.2) is 0 Å². The van der Waals surface area contributed by atoms with E-state index in [4.69, 9.17) is 14.2 Å². The van der Waals surface area contributed by atoms with Crippen LogP contribution in [0, 0.1) is 11.8 Å². The van der Waals surface area contributed by atoms with Gasteiger partial charge in [0.25, 0.3) is 0 Å². The molecule has 0 N–H and O–H groups in total. The Morgan fingerprint density at radius 1 is 0.297 bits per heavy atom. The lowest BCUT2D eigenvalue weighted by molar-refractivity contribution is -0.167. The molecule has 0 aromatic heterocycles. The van der Waals surface area contributed by atoms with E-state index in [1.54, 1.807) is 0 Å². The molecule has 0 aliphatic heterocycles. The monoisotopic (exact) mass is 905 g/mol. The second kappa shape index (κ2) is 50.8. The molecule has 0 unspecified atom stereocenters. The first-order valence-corrected chi connectivity index (χ1v) is 28.7. The fourth-order valence-electron chi connectivity index (χ4n) is 8.87. The fraction of sp³-hybridized carbons (Fsp3) is 0.948. The van der Waals surface area contributed by atoms with Gasteiger partial charge in [0.15, 0.2) is 6.10 Å². The van der Waals surface area contributed by atoms with Crippen molar-refractivity contribution in [3.05, 3.63) is 0 Å². The topological polar surface area (TPSA) is 78.9 Å². The van der Waals surface area contributed by atoms with E-state index in [9.17, 15) is 14.4 Å². The maximum Gasteiger partial charge on any atom is 0.306 e. The van der Waals surface area contributed by atoms with E-state index in [-0.39, 0.29) is 31.1 Å². The first kappa shape index (κ1) is 62.4. The van der Waals surface area contributed by atoms with Crippen LogP contribution in [0.25, 0.3) is 0 Å². The Kier molecular flexibility index (Phi) is 49.6. The highest BCUT2D eigenvalue weighted by atomic mass is 16.6. The number of carbonyl (C=O) groups excluding carboxylic acids is 3. The minimum absolute atomic E-state index is 0.0627. The average Bonchev–Trinajstić information content (AvgIpc) is 3.27. The molecule has 0 radical (unpaired) electrons. The van der Waals surface area contributed by atoms with Crippen LogP contribution in [0.2, 0.25) is 0 Å². The molecule has 0 spiro atoms. The molecular weight excluding hydrogens is 793 g/mol. The molecule has 6 heteroatoms. The minimum atomic E-state index is -0.762. The van der Waals surface area contributed by atoms with Crippen LogP contribution in [-0.2, 0) is 28.6 Å². The predicted octanol–water partition coefficient (Wildman–Crippen LogP) is 18.9. The van der Waals surface area contributed by atoms with Crippen molar-refractivity contribution in [3.8, 4) is 0 Å². The number of hydrogen-bond acceptors (Lipinski definition) is 6. The van der Waals surface area contributed by atoms with Gasteiger partial charge in [-0.3, -0.25) is 14.4 Å². The highest BCUT2D eigenvalue weighted by molar-refractivity contribution is 5.71. The van der Waals surface area contributed by atoms with Gasteiger partial charge in [0.2, 0.25) is 0 Å². The molecule has 0 aromatic rings. The molecule has 0 bridgehead atoms. The standard InChI is InChI=1S/C58H112O6/c1-6-7-8-9-10-11-12-17-23-28-33-38-43-48-56(59)62-51-55(52-63-57(60)49-44-39-34-29-25-20-22-27-32-37-42-47-54(4)5)64-58(61)50-45-40-35-30-24-19-16-14-13-15-18-21-26-31-36-41-46-53(2)3/h53-55H,6-52H2,1-5H3/t55-/m1/s1. The van der Waals surface area contributed by atoms with E-state index in [2.05, 4.69) is 34.6 Å². The van der Waals surface area contributed by atoms with Gasteiger partial charge >= 0.3 is 17.9 Å². The van der Waals surface area contributed by atoms with Crippen LogP contribution in [0.5, 0.6) is 0 Å². The van der Waals surface area contributed by atoms with Gasteiger partial charge in [0.1, 0.15) is 13.2 Å². The lowest BCUT2D eigenvalue weighted by Gasteiger charge is -2.18. The SMILES string of the molecule is CCCCCCCCCCCCCCCC(=O)OC[C@H](COC(=O)CCCCCCCCCCCCCC(C)C)OC(=O)CCCCCCCCCCCCCCCCCCC(C)C. The largest absolute Gasteiger partial charge is 0.462 e. The van der Waals surface area contributed by atoms with E-state index >= 15 is 0 Å². The first-order chi connectivity index (χ1) is 31.2. The molecule has 0 heterocycles. The van der Waals surface area contributed by atoms with Crippen LogP contribution in [0.1, 0.15) is 324 Å². The molecule has 6 nitrogen and oxygen atoms in total. The van der Waals surface area contributed by atoms with Crippen molar-refractivity contribution < 1.29 is 28.6 Å². The van der Waals surface area contributed by atoms with Gasteiger partial charge in [-0.05, 0) is 31.1 Å². The molecular formula is C58H112O6. The maximum absolute atomic E-state index is 12.9. The highest BCUT2D eigenvalue weighted by Crippen LogP contribution is 2.18. The van der Waals surface area contributed by atoms with Crippen LogP contribution in [0.4, 0.5) is 0 Å². The summed E-state index contributed by atoms with van der Waals surface area (Å²) in [6, 6.07) is 0. The Labute approximate surface area is 399 Å². The summed E-state index contributed by atoms with van der Waals surface area (Å²) in [5.74, 6) is 0.839. The van der Waals surface area contributed by atoms with Crippen LogP contribution in [0.15, 0.2) is 0 Å². The third-order valence-corrected chi connectivity index (χ3v) is 13.2. The molecule has 0 rings (SSSR count). The van der Waals surface area contributed by atoms with Gasteiger partial charge < -0.3 is 14.2 Å². The summed E-state index contributed by atoms with van der Waals surface area (Å²) in [4.78, 5) is 38.1. The average molecular weight is 906 g/mol. The van der Waals surface area contributed by atoms with Crippen molar-refractivity contribution in [2.75, 3.05) is 13.2 Å². The van der Waals surface area contributed by atoms with Crippen molar-refractivity contribution in [1.82, 2.24) is 0 Å². The molecule has 380 valence electrons. The molecule has 0 aliphatic rings. The normalized spacial score (nSPS) is 12.0. The molecule has 0 amide bonds. The van der Waals surface area contributed by atoms with Crippen molar-refractivity contribution in [2.24, 2.45) is 11.8 Å². The quantitative estimate of drug-likeness (QED) is 0.0344. The first-order valence-electron chi connectivity index (χ1n) is 28.7. The van der Waals surface area contributed by atoms with Crippen LogP contribution < -0.4 is 0 Å². The van der Waals surface area contributed by atoms with Crippen LogP contribution >= 0.6 is 0 Å². The van der Waals surface area contributed by atoms with E-state index in [0.29, 0.717) is 19.3 Å². The third-order valence-electron chi connectivity index (χ3n) is 13.2. The summed E-state index contributed by atoms with van der Waals surface area (Å²) >= 11 is 0. The highest BCUT2D eigenvalue weighted by Gasteiger charge is 2.19. The minimum Gasteiger partial charge on any atom is -0.462 e. The number of ether oxygens (including phenoxy) is 3. The Balaban J connectivity index is 4.28. The Morgan fingerprint density at radius 3 is 0.766 bits per heavy atom. The summed E-state index contributed by atoms with van der Waals surface area (Å²) in [5.41, 5.74) is 0. The molecule has 0 aromatic carbocycles. The molecule has 0 saturated carbocycles. The molecule has 1 atom stereocenters. The predicted molar refractivity (Wildman–Crippen MR) is 275 cm³/mol. The molecule has 0 fully saturated rings. The number of carbonyl (C=O) groups is 3. The zero-order valence-corrected chi connectivity index (χ0v) is 43.9. The van der Waals surface area contributed by atoms with Gasteiger partial charge in [-0.1, -0.05) is 285 Å². The number of hydrogen-bond donors (Lipinski definition) is 0. The van der Waals surface area contributed by atoms with Crippen LogP contribution in [-0.4, -0.2) is 37.2 Å². The van der Waals surface area contributed by atoms with E-state index in [1.165, 1.54) is 212 Å². The summed E-state index contributed by atoms with van der Waals surface area (Å²) < 4.78 is 16.9. The smallest absolute Gasteiger partial charge is 0.306 e. The van der Waals surface area contributed by atoms with Crippen molar-refractivity contribution >= 4 is 17.9 Å². The second-order valence-electron chi connectivity index (χ2n) is 20.9. The molecule has 0 aliphatic carbocycles. The summed E-state index contributed by atoms with van der Waals surface area (Å²) in [6.07, 6.45) is 53.8. The lowest BCUT2D eigenvalue weighted by Crippen LogP contribution is -2.30. The summed E-state index contributed by atoms with van der Waals surface area (Å²) in [6.45, 7) is 11.4. The Morgan fingerprint density at radius 2 is 0.516 bits per heavy atom. The zero-order valence-electron chi connectivity index (χ0n) is 43.9. The molecule has 0 saturated heterocycles. The molecule has 64 heavy (non-hydrogen) atoms. The fourth-order valence-corrected chi connectivity index (χ4v) is 8.87. The zero-order chi connectivity index (χ0) is 46.8. The van der Waals surface area contributed by atoms with Crippen LogP contribution in [0.3, 0.4) is 0 Å². The Hall–Kier alpha value is -1.59. The van der Waals surface area contributed by atoms with Gasteiger partial charge in [-0.15, -0.1) is 0 Å². The van der Waals surface area contributed by atoms with Gasteiger partial charge in [-0.2, -0.15) is 0 Å². The number of esters is 3. The van der Waals surface area contributed by atoms with Gasteiger partial charge in [0, 0.05) is 19.3 Å². The number of rotatable bonds is 52. The van der Waals surface area contributed by atoms with E-state index in [0.717, 1.165) is 69.6 Å². The van der Waals surface area contributed by atoms with Crippen molar-refractivity contribution in [1.29, 1.82) is 0 Å². The second-order valence-corrected chi connectivity index (χ2v) is 20.9. The maximum atomic E-state index is 12.9. The summed E-state index contributed by atoms with van der Waals surface area (Å²) in [7, 11) is 0. The lowest BCUT2D eigenvalue weighted by atomic mass is 10.0. The third kappa shape index (κ3) is 51.4. The van der Waals surface area contributed by atoms with Crippen molar-refractivity contribution in [2.45, 2.75) is 330 Å². The Bertz CT molecular complexity index is 978. The number of unbranched alkanes of at least 4 members (excludes halogenated alkanes) is 37. The van der Waals surface area contributed by atoms with Gasteiger partial charge in [0.05, 0.1) is 0 Å². The van der Waals surface area contributed by atoms with E-state index in [1.807, 2.05) is 0 Å².